The third-order valence-electron chi connectivity index (χ3n) is 11.5. The first-order valence-corrected chi connectivity index (χ1v) is 15.9. The lowest BCUT2D eigenvalue weighted by Crippen LogP contribution is -2.60. The third-order valence-corrected chi connectivity index (χ3v) is 11.5. The standard InChI is InChI=1S/C33H50O11/c1-15(2)6-9-23(36)33(5,42)22-8-7-16-24-17(10-11-31(16,22)3)32(4)13-19(35)20(12-18(32)25(37)27(24)39)43-30-29(41)28(40)26(38)21(14-34)44-30/h7,15,19-23,26,28-30,34-38,40-42H,6,8-14H2,1-5H3/t19-,20+,21+,22-,23+,26+,28-,29+,30+,31-,32+,33+/m0/s1. The topological polar surface area (TPSA) is 197 Å². The second-order valence-corrected chi connectivity index (χ2v) is 14.7. The van der Waals surface area contributed by atoms with Crippen LogP contribution in [0.4, 0.5) is 0 Å². The molecular formula is C33H50O11. The number of Topliss-reactive ketones (excluding diaryl/α,β-unsaturated/α-hetero) is 1. The van der Waals surface area contributed by atoms with E-state index in [1.54, 1.807) is 6.92 Å². The van der Waals surface area contributed by atoms with Crippen molar-refractivity contribution in [3.63, 3.8) is 0 Å². The molecule has 0 unspecified atom stereocenters. The highest BCUT2D eigenvalue weighted by Crippen LogP contribution is 2.63. The van der Waals surface area contributed by atoms with Gasteiger partial charge in [0.15, 0.2) is 12.0 Å². The fourth-order valence-electron chi connectivity index (χ4n) is 8.64. The van der Waals surface area contributed by atoms with E-state index >= 15 is 0 Å². The number of rotatable bonds is 8. The van der Waals surface area contributed by atoms with Gasteiger partial charge in [-0.05, 0) is 73.5 Å². The molecule has 11 nitrogen and oxygen atoms in total. The van der Waals surface area contributed by atoms with Crippen LogP contribution in [0.15, 0.2) is 34.1 Å². The molecule has 0 spiro atoms. The van der Waals surface area contributed by atoms with Crippen molar-refractivity contribution in [2.24, 2.45) is 22.7 Å². The van der Waals surface area contributed by atoms with Crippen molar-refractivity contribution in [3.05, 3.63) is 34.1 Å². The summed E-state index contributed by atoms with van der Waals surface area (Å²) in [5.74, 6) is -0.887. The smallest absolute Gasteiger partial charge is 0.227 e. The Labute approximate surface area is 258 Å². The lowest BCUT2D eigenvalue weighted by Gasteiger charge is -2.53. The maximum absolute atomic E-state index is 13.9. The van der Waals surface area contributed by atoms with E-state index in [2.05, 4.69) is 13.8 Å². The summed E-state index contributed by atoms with van der Waals surface area (Å²) in [7, 11) is 0. The third kappa shape index (κ3) is 5.22. The van der Waals surface area contributed by atoms with E-state index in [-0.39, 0.29) is 18.8 Å². The van der Waals surface area contributed by atoms with Crippen molar-refractivity contribution in [3.8, 4) is 0 Å². The molecule has 12 atom stereocenters. The molecule has 2 fully saturated rings. The molecule has 11 heteroatoms. The first kappa shape index (κ1) is 33.7. The van der Waals surface area contributed by atoms with Gasteiger partial charge in [0.05, 0.1) is 30.5 Å². The summed E-state index contributed by atoms with van der Waals surface area (Å²) in [5.41, 5.74) is -0.417. The lowest BCUT2D eigenvalue weighted by molar-refractivity contribution is -0.318. The Morgan fingerprint density at radius 1 is 1.09 bits per heavy atom. The Hall–Kier alpha value is -1.67. The van der Waals surface area contributed by atoms with Crippen molar-refractivity contribution in [2.75, 3.05) is 6.61 Å². The highest BCUT2D eigenvalue weighted by molar-refractivity contribution is 6.12. The number of aliphatic hydroxyl groups excluding tert-OH is 7. The number of ketones is 1. The van der Waals surface area contributed by atoms with E-state index in [0.717, 1.165) is 17.6 Å². The summed E-state index contributed by atoms with van der Waals surface area (Å²) in [6.45, 7) is 9.12. The van der Waals surface area contributed by atoms with Crippen LogP contribution in [0.5, 0.6) is 0 Å². The molecule has 5 rings (SSSR count). The molecular weight excluding hydrogens is 572 g/mol. The molecule has 0 bridgehead atoms. The molecule has 4 aliphatic carbocycles. The maximum Gasteiger partial charge on any atom is 0.227 e. The summed E-state index contributed by atoms with van der Waals surface area (Å²) in [6.07, 6.45) is -5.67. The van der Waals surface area contributed by atoms with Crippen LogP contribution in [0, 0.1) is 22.7 Å². The fourth-order valence-corrected chi connectivity index (χ4v) is 8.64. The van der Waals surface area contributed by atoms with E-state index in [4.69, 9.17) is 9.47 Å². The van der Waals surface area contributed by atoms with Crippen molar-refractivity contribution in [1.29, 1.82) is 0 Å². The van der Waals surface area contributed by atoms with Crippen molar-refractivity contribution < 1.29 is 55.1 Å². The molecule has 0 aromatic carbocycles. The Morgan fingerprint density at radius 2 is 1.77 bits per heavy atom. The van der Waals surface area contributed by atoms with Gasteiger partial charge in [0, 0.05) is 23.3 Å². The van der Waals surface area contributed by atoms with E-state index < -0.39 is 83.6 Å². The van der Waals surface area contributed by atoms with Crippen molar-refractivity contribution in [2.45, 2.75) is 134 Å². The predicted molar refractivity (Wildman–Crippen MR) is 158 cm³/mol. The van der Waals surface area contributed by atoms with Gasteiger partial charge in [-0.15, -0.1) is 0 Å². The normalized spacial score (nSPS) is 42.9. The number of carbonyl (C=O) groups is 1. The van der Waals surface area contributed by atoms with Crippen LogP contribution in [0.2, 0.25) is 0 Å². The molecule has 0 aromatic rings. The summed E-state index contributed by atoms with van der Waals surface area (Å²) in [4.78, 5) is 13.9. The zero-order chi connectivity index (χ0) is 32.5. The van der Waals surface area contributed by atoms with E-state index in [0.29, 0.717) is 42.7 Å². The lowest BCUT2D eigenvalue weighted by atomic mass is 9.53. The number of ether oxygens (including phenoxy) is 2. The van der Waals surface area contributed by atoms with Gasteiger partial charge in [-0.1, -0.05) is 33.8 Å². The highest BCUT2D eigenvalue weighted by atomic mass is 16.7. The van der Waals surface area contributed by atoms with Crippen LogP contribution in [0.25, 0.3) is 0 Å². The Kier molecular flexibility index (Phi) is 9.07. The van der Waals surface area contributed by atoms with Gasteiger partial charge in [0.2, 0.25) is 5.78 Å². The van der Waals surface area contributed by atoms with Gasteiger partial charge in [-0.3, -0.25) is 4.79 Å². The number of hydrogen-bond donors (Lipinski definition) is 8. The number of carbonyl (C=O) groups excluding carboxylic acids is 1. The van der Waals surface area contributed by atoms with Gasteiger partial charge < -0.3 is 50.3 Å². The molecule has 5 aliphatic rings. The van der Waals surface area contributed by atoms with E-state index in [1.165, 1.54) is 0 Å². The second kappa shape index (κ2) is 11.8. The molecule has 248 valence electrons. The van der Waals surface area contributed by atoms with Crippen molar-refractivity contribution in [1.82, 2.24) is 0 Å². The highest BCUT2D eigenvalue weighted by Gasteiger charge is 2.59. The maximum atomic E-state index is 13.9. The second-order valence-electron chi connectivity index (χ2n) is 14.7. The Balaban J connectivity index is 1.40. The molecule has 8 N–H and O–H groups in total. The molecule has 1 saturated heterocycles. The van der Waals surface area contributed by atoms with Crippen LogP contribution < -0.4 is 0 Å². The first-order chi connectivity index (χ1) is 20.5. The summed E-state index contributed by atoms with van der Waals surface area (Å²) >= 11 is 0. The largest absolute Gasteiger partial charge is 0.504 e. The van der Waals surface area contributed by atoms with Gasteiger partial charge in [-0.25, -0.2) is 0 Å². The van der Waals surface area contributed by atoms with Gasteiger partial charge in [-0.2, -0.15) is 0 Å². The minimum absolute atomic E-state index is 0.0449. The predicted octanol–water partition coefficient (Wildman–Crippen LogP) is 1.32. The molecule has 0 radical (unpaired) electrons. The minimum atomic E-state index is -1.66. The zero-order valence-corrected chi connectivity index (χ0v) is 26.3. The van der Waals surface area contributed by atoms with Crippen LogP contribution in [0.1, 0.15) is 79.6 Å². The van der Waals surface area contributed by atoms with E-state index in [9.17, 15) is 45.6 Å². The molecule has 1 aliphatic heterocycles. The van der Waals surface area contributed by atoms with E-state index in [1.807, 2.05) is 19.9 Å². The van der Waals surface area contributed by atoms with Crippen LogP contribution in [-0.4, -0.2) is 108 Å². The van der Waals surface area contributed by atoms with Crippen LogP contribution in [0.3, 0.4) is 0 Å². The van der Waals surface area contributed by atoms with Gasteiger partial charge in [0.1, 0.15) is 24.4 Å². The Bertz CT molecular complexity index is 1230. The summed E-state index contributed by atoms with van der Waals surface area (Å²) in [5, 5.41) is 85.7. The summed E-state index contributed by atoms with van der Waals surface area (Å²) < 4.78 is 11.3. The molecule has 1 saturated carbocycles. The number of hydrogen-bond acceptors (Lipinski definition) is 11. The van der Waals surface area contributed by atoms with Crippen LogP contribution >= 0.6 is 0 Å². The molecule has 1 heterocycles. The molecule has 0 aromatic heterocycles. The average molecular weight is 623 g/mol. The Morgan fingerprint density at radius 3 is 2.41 bits per heavy atom. The fraction of sp³-hybridized carbons (Fsp3) is 0.788. The summed E-state index contributed by atoms with van der Waals surface area (Å²) in [6, 6.07) is 0. The number of fused-ring (bicyclic) bond motifs is 4. The quantitative estimate of drug-likeness (QED) is 0.194. The zero-order valence-electron chi connectivity index (χ0n) is 26.3. The van der Waals surface area contributed by atoms with Crippen molar-refractivity contribution >= 4 is 5.78 Å². The monoisotopic (exact) mass is 622 g/mol. The number of allylic oxidation sites excluding steroid dienone is 4. The first-order valence-electron chi connectivity index (χ1n) is 15.9. The van der Waals surface area contributed by atoms with Crippen LogP contribution in [-0.2, 0) is 14.3 Å². The van der Waals surface area contributed by atoms with Gasteiger partial charge >= 0.3 is 0 Å². The molecule has 44 heavy (non-hydrogen) atoms. The molecule has 0 amide bonds. The van der Waals surface area contributed by atoms with Gasteiger partial charge in [0.25, 0.3) is 0 Å². The average Bonchev–Trinajstić information content (AvgIpc) is 3.33. The SMILES string of the molecule is CC(C)CC[C@@H](O)[C@](C)(O)[C@H]1CC=C2C3=C(CC[C@@]21C)[C@@]1(C)C[C@H](O)[C@H](O[C@@H]2O[C@H](CO)[C@@H](O)[C@H](O)[C@H]2O)CC1=C(O)C3=O. The minimum Gasteiger partial charge on any atom is -0.504 e. The number of aliphatic hydroxyl groups is 8.